The monoisotopic (exact) mass is 537 g/mol. The maximum atomic E-state index is 13.5. The van der Waals surface area contributed by atoms with E-state index in [0.29, 0.717) is 16.4 Å². The van der Waals surface area contributed by atoms with Crippen molar-refractivity contribution in [2.45, 2.75) is 24.8 Å². The number of hydrogen-bond donors (Lipinski definition) is 1. The van der Waals surface area contributed by atoms with E-state index >= 15 is 0 Å². The van der Waals surface area contributed by atoms with Crippen LogP contribution in [0.1, 0.15) is 29.7 Å². The van der Waals surface area contributed by atoms with E-state index < -0.39 is 21.8 Å². The lowest BCUT2D eigenvalue weighted by Gasteiger charge is -2.19. The average molecular weight is 538 g/mol. The summed E-state index contributed by atoms with van der Waals surface area (Å²) in [6.45, 7) is 3.52. The molecule has 10 heteroatoms. The SMILES string of the molecule is CCS(=O)(=O)c1ccc(C(Oc2ccc(C=NC)cc2)C(=O)Nc2nc3cc(C)c(OC)cc3s2)cc1. The number of hydrogen-bond acceptors (Lipinski definition) is 8. The van der Waals surface area contributed by atoms with Crippen LogP contribution in [0.3, 0.4) is 0 Å². The maximum Gasteiger partial charge on any atom is 0.271 e. The fourth-order valence-corrected chi connectivity index (χ4v) is 5.47. The molecular weight excluding hydrogens is 510 g/mol. The van der Waals surface area contributed by atoms with Crippen LogP contribution in [0.25, 0.3) is 10.2 Å². The highest BCUT2D eigenvalue weighted by Crippen LogP contribution is 2.33. The van der Waals surface area contributed by atoms with Crippen LogP contribution < -0.4 is 14.8 Å². The van der Waals surface area contributed by atoms with E-state index in [2.05, 4.69) is 15.3 Å². The molecular formula is C27H27N3O5S2. The van der Waals surface area contributed by atoms with Gasteiger partial charge in [-0.3, -0.25) is 15.1 Å². The summed E-state index contributed by atoms with van der Waals surface area (Å²) in [4.78, 5) is 22.2. The number of carbonyl (C=O) groups excluding carboxylic acids is 1. The molecule has 0 aliphatic heterocycles. The third-order valence-electron chi connectivity index (χ3n) is 5.71. The summed E-state index contributed by atoms with van der Waals surface area (Å²) in [5.74, 6) is 0.771. The van der Waals surface area contributed by atoms with Gasteiger partial charge in [-0.05, 0) is 66.6 Å². The molecule has 37 heavy (non-hydrogen) atoms. The van der Waals surface area contributed by atoms with Crippen molar-refractivity contribution in [3.05, 3.63) is 77.4 Å². The molecule has 0 saturated carbocycles. The van der Waals surface area contributed by atoms with Gasteiger partial charge in [0, 0.05) is 18.8 Å². The summed E-state index contributed by atoms with van der Waals surface area (Å²) < 4.78 is 36.9. The minimum atomic E-state index is -3.38. The second-order valence-corrected chi connectivity index (χ2v) is 11.5. The van der Waals surface area contributed by atoms with Crippen LogP contribution in [0.4, 0.5) is 5.13 Å². The predicted molar refractivity (Wildman–Crippen MR) is 147 cm³/mol. The molecule has 0 saturated heterocycles. The Labute approximate surface area is 219 Å². The molecule has 192 valence electrons. The Morgan fingerprint density at radius 1 is 1.14 bits per heavy atom. The van der Waals surface area contributed by atoms with E-state index in [1.54, 1.807) is 51.6 Å². The zero-order chi connectivity index (χ0) is 26.6. The fraction of sp³-hybridized carbons (Fsp3) is 0.222. The summed E-state index contributed by atoms with van der Waals surface area (Å²) in [6.07, 6.45) is 0.664. The average Bonchev–Trinajstić information content (AvgIpc) is 3.28. The van der Waals surface area contributed by atoms with Crippen LogP contribution in [-0.4, -0.2) is 45.4 Å². The number of nitrogens with zero attached hydrogens (tertiary/aromatic N) is 2. The molecule has 1 unspecified atom stereocenters. The third kappa shape index (κ3) is 5.98. The Kier molecular flexibility index (Phi) is 7.89. The molecule has 0 radical (unpaired) electrons. The second kappa shape index (κ2) is 11.1. The van der Waals surface area contributed by atoms with Crippen molar-refractivity contribution in [3.63, 3.8) is 0 Å². The highest BCUT2D eigenvalue weighted by molar-refractivity contribution is 7.91. The zero-order valence-corrected chi connectivity index (χ0v) is 22.5. The van der Waals surface area contributed by atoms with E-state index in [9.17, 15) is 13.2 Å². The Morgan fingerprint density at radius 2 is 1.84 bits per heavy atom. The van der Waals surface area contributed by atoms with Gasteiger partial charge in [-0.15, -0.1) is 0 Å². The van der Waals surface area contributed by atoms with E-state index in [0.717, 1.165) is 27.1 Å². The number of ether oxygens (including phenoxy) is 2. The van der Waals surface area contributed by atoms with Crippen LogP contribution in [0.15, 0.2) is 70.6 Å². The van der Waals surface area contributed by atoms with E-state index in [1.165, 1.54) is 23.5 Å². The van der Waals surface area contributed by atoms with Gasteiger partial charge in [-0.25, -0.2) is 13.4 Å². The first-order chi connectivity index (χ1) is 17.7. The topological polar surface area (TPSA) is 107 Å². The molecule has 8 nitrogen and oxygen atoms in total. The quantitative estimate of drug-likeness (QED) is 0.294. The molecule has 1 heterocycles. The number of anilines is 1. The van der Waals surface area contributed by atoms with Gasteiger partial charge in [0.25, 0.3) is 5.91 Å². The van der Waals surface area contributed by atoms with Crippen LogP contribution in [0.5, 0.6) is 11.5 Å². The molecule has 1 atom stereocenters. The first-order valence-electron chi connectivity index (χ1n) is 11.5. The van der Waals surface area contributed by atoms with Crippen molar-refractivity contribution in [2.75, 3.05) is 25.2 Å². The molecule has 4 aromatic rings. The molecule has 1 aromatic heterocycles. The molecule has 0 aliphatic rings. The zero-order valence-electron chi connectivity index (χ0n) is 20.9. The first kappa shape index (κ1) is 26.3. The molecule has 1 N–H and O–H groups in total. The standard InChI is InChI=1S/C27H27N3O5S2/c1-5-37(32,33)21-12-8-19(9-13-21)25(35-20-10-6-18(7-11-20)16-28-3)26(31)30-27-29-22-14-17(2)23(34-4)15-24(22)36-27/h6-16,25H,5H2,1-4H3,(H,29,30,31). The Bertz CT molecular complexity index is 1540. The Balaban J connectivity index is 1.65. The molecule has 3 aromatic carbocycles. The summed E-state index contributed by atoms with van der Waals surface area (Å²) in [5, 5.41) is 3.28. The van der Waals surface area contributed by atoms with Gasteiger partial charge in [0.1, 0.15) is 11.5 Å². The second-order valence-electron chi connectivity index (χ2n) is 8.22. The van der Waals surface area contributed by atoms with Crippen LogP contribution in [0, 0.1) is 6.92 Å². The first-order valence-corrected chi connectivity index (χ1v) is 14.0. The van der Waals surface area contributed by atoms with Crippen LogP contribution in [-0.2, 0) is 14.6 Å². The number of rotatable bonds is 9. The van der Waals surface area contributed by atoms with Gasteiger partial charge in [0.05, 0.1) is 28.0 Å². The number of sulfone groups is 1. The van der Waals surface area contributed by atoms with E-state index in [4.69, 9.17) is 9.47 Å². The molecule has 4 rings (SSSR count). The molecule has 0 bridgehead atoms. The number of thiazole rings is 1. The van der Waals surface area contributed by atoms with Crippen molar-refractivity contribution >= 4 is 48.6 Å². The van der Waals surface area contributed by atoms with Crippen LogP contribution >= 0.6 is 11.3 Å². The number of aliphatic imine (C=N–C) groups is 1. The number of aromatic nitrogens is 1. The number of aryl methyl sites for hydroxylation is 1. The maximum absolute atomic E-state index is 13.5. The van der Waals surface area contributed by atoms with Crippen molar-refractivity contribution < 1.29 is 22.7 Å². The number of carbonyl (C=O) groups is 1. The van der Waals surface area contributed by atoms with Crippen molar-refractivity contribution in [1.82, 2.24) is 4.98 Å². The summed E-state index contributed by atoms with van der Waals surface area (Å²) in [7, 11) is -0.0784. The summed E-state index contributed by atoms with van der Waals surface area (Å²) >= 11 is 1.33. The van der Waals surface area contributed by atoms with Crippen molar-refractivity contribution in [3.8, 4) is 11.5 Å². The lowest BCUT2D eigenvalue weighted by molar-refractivity contribution is -0.123. The number of fused-ring (bicyclic) bond motifs is 1. The number of amides is 1. The van der Waals surface area contributed by atoms with Crippen molar-refractivity contribution in [1.29, 1.82) is 0 Å². The van der Waals surface area contributed by atoms with Gasteiger partial charge in [-0.2, -0.15) is 0 Å². The van der Waals surface area contributed by atoms with Gasteiger partial charge in [0.2, 0.25) is 6.10 Å². The fourth-order valence-electron chi connectivity index (χ4n) is 3.71. The smallest absolute Gasteiger partial charge is 0.271 e. The lowest BCUT2D eigenvalue weighted by atomic mass is 10.1. The van der Waals surface area contributed by atoms with E-state index in [-0.39, 0.29) is 10.6 Å². The van der Waals surface area contributed by atoms with Crippen molar-refractivity contribution in [2.24, 2.45) is 4.99 Å². The predicted octanol–water partition coefficient (Wildman–Crippen LogP) is 5.21. The highest BCUT2D eigenvalue weighted by Gasteiger charge is 2.25. The summed E-state index contributed by atoms with van der Waals surface area (Å²) in [6, 6.07) is 17.1. The molecule has 1 amide bonds. The number of nitrogens with one attached hydrogen (secondary N) is 1. The lowest BCUT2D eigenvalue weighted by Crippen LogP contribution is -2.25. The molecule has 0 aliphatic carbocycles. The largest absolute Gasteiger partial charge is 0.496 e. The highest BCUT2D eigenvalue weighted by atomic mass is 32.2. The number of benzene rings is 3. The molecule has 0 spiro atoms. The summed E-state index contributed by atoms with van der Waals surface area (Å²) in [5.41, 5.74) is 3.09. The minimum absolute atomic E-state index is 0.0119. The molecule has 0 fully saturated rings. The van der Waals surface area contributed by atoms with Gasteiger partial charge < -0.3 is 9.47 Å². The van der Waals surface area contributed by atoms with Gasteiger partial charge in [-0.1, -0.05) is 30.4 Å². The Morgan fingerprint density at radius 3 is 2.46 bits per heavy atom. The van der Waals surface area contributed by atoms with Gasteiger partial charge in [0.15, 0.2) is 15.0 Å². The van der Waals surface area contributed by atoms with Gasteiger partial charge >= 0.3 is 0 Å². The van der Waals surface area contributed by atoms with Crippen LogP contribution in [0.2, 0.25) is 0 Å². The third-order valence-corrected chi connectivity index (χ3v) is 8.39. The normalized spacial score (nSPS) is 12.5. The Hall–Kier alpha value is -3.76. The van der Waals surface area contributed by atoms with E-state index in [1.807, 2.05) is 31.2 Å². The number of methoxy groups -OCH3 is 1. The minimum Gasteiger partial charge on any atom is -0.496 e.